The number of aryl methyl sites for hydroxylation is 1. The van der Waals surface area contributed by atoms with E-state index < -0.39 is 0 Å². The fourth-order valence-corrected chi connectivity index (χ4v) is 1.52. The summed E-state index contributed by atoms with van der Waals surface area (Å²) in [6, 6.07) is 0. The first-order chi connectivity index (χ1) is 8.13. The molecule has 4 heteroatoms. The van der Waals surface area contributed by atoms with Gasteiger partial charge in [-0.05, 0) is 25.8 Å². The summed E-state index contributed by atoms with van der Waals surface area (Å²) in [6.45, 7) is 11.3. The Bertz CT molecular complexity index is 336. The van der Waals surface area contributed by atoms with Crippen LogP contribution in [0.3, 0.4) is 0 Å². The maximum atomic E-state index is 4.45. The van der Waals surface area contributed by atoms with Gasteiger partial charge in [0.25, 0.3) is 0 Å². The lowest BCUT2D eigenvalue weighted by Crippen LogP contribution is -2.20. The second kappa shape index (κ2) is 7.22. The predicted octanol–water partition coefficient (Wildman–Crippen LogP) is 2.35. The molecule has 1 aromatic rings. The lowest BCUT2D eigenvalue weighted by Gasteiger charge is -2.12. The summed E-state index contributed by atoms with van der Waals surface area (Å²) in [5.74, 6) is 2.44. The number of nitrogens with one attached hydrogen (secondary N) is 2. The van der Waals surface area contributed by atoms with Crippen LogP contribution in [0.4, 0.5) is 5.82 Å². The first-order valence-electron chi connectivity index (χ1n) is 6.40. The van der Waals surface area contributed by atoms with E-state index in [1.165, 1.54) is 0 Å². The minimum absolute atomic E-state index is 0.661. The van der Waals surface area contributed by atoms with Gasteiger partial charge >= 0.3 is 0 Å². The van der Waals surface area contributed by atoms with E-state index >= 15 is 0 Å². The largest absolute Gasteiger partial charge is 0.370 e. The Balaban J connectivity index is 2.62. The van der Waals surface area contributed by atoms with Crippen molar-refractivity contribution in [3.63, 3.8) is 0 Å². The van der Waals surface area contributed by atoms with E-state index in [-0.39, 0.29) is 0 Å². The third-order valence-corrected chi connectivity index (χ3v) is 2.40. The molecule has 0 unspecified atom stereocenters. The molecule has 96 valence electrons. The normalized spacial score (nSPS) is 10.9. The van der Waals surface area contributed by atoms with E-state index in [1.54, 1.807) is 0 Å². The topological polar surface area (TPSA) is 49.8 Å². The van der Waals surface area contributed by atoms with E-state index in [2.05, 4.69) is 41.4 Å². The second-order valence-electron chi connectivity index (χ2n) is 4.74. The fourth-order valence-electron chi connectivity index (χ4n) is 1.52. The highest BCUT2D eigenvalue weighted by atomic mass is 15.0. The van der Waals surface area contributed by atoms with Crippen molar-refractivity contribution in [3.8, 4) is 0 Å². The van der Waals surface area contributed by atoms with E-state index in [0.29, 0.717) is 5.92 Å². The number of aromatic nitrogens is 2. The molecule has 0 spiro atoms. The zero-order valence-corrected chi connectivity index (χ0v) is 11.4. The van der Waals surface area contributed by atoms with Gasteiger partial charge in [0.05, 0.1) is 0 Å². The van der Waals surface area contributed by atoms with Crippen LogP contribution in [0.25, 0.3) is 0 Å². The smallest absolute Gasteiger partial charge is 0.134 e. The molecule has 4 nitrogen and oxygen atoms in total. The monoisotopic (exact) mass is 236 g/mol. The molecule has 1 rings (SSSR count). The Hall–Kier alpha value is -1.16. The van der Waals surface area contributed by atoms with Crippen LogP contribution in [0.1, 0.15) is 38.6 Å². The lowest BCUT2D eigenvalue weighted by molar-refractivity contribution is 0.551. The summed E-state index contributed by atoms with van der Waals surface area (Å²) in [4.78, 5) is 8.70. The van der Waals surface area contributed by atoms with Crippen LogP contribution in [-0.2, 0) is 6.54 Å². The Morgan fingerprint density at radius 3 is 2.76 bits per heavy atom. The molecule has 0 radical (unpaired) electrons. The van der Waals surface area contributed by atoms with Gasteiger partial charge in [-0.3, -0.25) is 0 Å². The SMILES string of the molecule is CCCNc1nc(C)ncc1CNCC(C)C. The predicted molar refractivity (Wildman–Crippen MR) is 72.1 cm³/mol. The number of hydrogen-bond acceptors (Lipinski definition) is 4. The van der Waals surface area contributed by atoms with Gasteiger partial charge in [0.15, 0.2) is 0 Å². The van der Waals surface area contributed by atoms with Crippen molar-refractivity contribution < 1.29 is 0 Å². The van der Waals surface area contributed by atoms with Crippen LogP contribution >= 0.6 is 0 Å². The number of rotatable bonds is 7. The molecular weight excluding hydrogens is 212 g/mol. The molecule has 0 aliphatic heterocycles. The lowest BCUT2D eigenvalue weighted by atomic mass is 10.2. The maximum Gasteiger partial charge on any atom is 0.134 e. The zero-order valence-electron chi connectivity index (χ0n) is 11.4. The van der Waals surface area contributed by atoms with E-state index in [9.17, 15) is 0 Å². The molecule has 1 heterocycles. The Morgan fingerprint density at radius 2 is 2.12 bits per heavy atom. The molecule has 17 heavy (non-hydrogen) atoms. The summed E-state index contributed by atoms with van der Waals surface area (Å²) < 4.78 is 0. The molecule has 0 saturated carbocycles. The van der Waals surface area contributed by atoms with Gasteiger partial charge < -0.3 is 10.6 Å². The van der Waals surface area contributed by atoms with Gasteiger partial charge in [0, 0.05) is 24.8 Å². The van der Waals surface area contributed by atoms with Crippen LogP contribution in [0, 0.1) is 12.8 Å². The molecule has 1 aromatic heterocycles. The highest BCUT2D eigenvalue weighted by Gasteiger charge is 2.05. The maximum absolute atomic E-state index is 4.45. The zero-order chi connectivity index (χ0) is 12.7. The molecule has 0 bridgehead atoms. The van der Waals surface area contributed by atoms with Crippen molar-refractivity contribution >= 4 is 5.82 Å². The fraction of sp³-hybridized carbons (Fsp3) is 0.692. The summed E-state index contributed by atoms with van der Waals surface area (Å²) >= 11 is 0. The average Bonchev–Trinajstić information content (AvgIpc) is 2.28. The summed E-state index contributed by atoms with van der Waals surface area (Å²) in [7, 11) is 0. The standard InChI is InChI=1S/C13H24N4/c1-5-6-15-13-12(8-14-7-10(2)3)9-16-11(4)17-13/h9-10,14H,5-8H2,1-4H3,(H,15,16,17). The molecule has 0 aromatic carbocycles. The van der Waals surface area contributed by atoms with Gasteiger partial charge in [0.2, 0.25) is 0 Å². The van der Waals surface area contributed by atoms with Gasteiger partial charge in [-0.25, -0.2) is 9.97 Å². The Labute approximate surface area is 104 Å². The number of hydrogen-bond donors (Lipinski definition) is 2. The summed E-state index contributed by atoms with van der Waals surface area (Å²) in [6.07, 6.45) is 3.01. The average molecular weight is 236 g/mol. The highest BCUT2D eigenvalue weighted by molar-refractivity contribution is 5.42. The van der Waals surface area contributed by atoms with Crippen molar-refractivity contribution in [1.82, 2.24) is 15.3 Å². The van der Waals surface area contributed by atoms with E-state index in [0.717, 1.165) is 43.3 Å². The van der Waals surface area contributed by atoms with Crippen LogP contribution < -0.4 is 10.6 Å². The van der Waals surface area contributed by atoms with Crippen molar-refractivity contribution in [1.29, 1.82) is 0 Å². The Morgan fingerprint density at radius 1 is 1.35 bits per heavy atom. The van der Waals surface area contributed by atoms with Crippen molar-refractivity contribution in [2.45, 2.75) is 40.7 Å². The van der Waals surface area contributed by atoms with Crippen molar-refractivity contribution in [2.24, 2.45) is 5.92 Å². The van der Waals surface area contributed by atoms with Gasteiger partial charge in [-0.2, -0.15) is 0 Å². The van der Waals surface area contributed by atoms with Crippen LogP contribution in [0.15, 0.2) is 6.20 Å². The van der Waals surface area contributed by atoms with Gasteiger partial charge in [-0.1, -0.05) is 20.8 Å². The molecule has 0 aliphatic carbocycles. The quantitative estimate of drug-likeness (QED) is 0.763. The van der Waals surface area contributed by atoms with Crippen LogP contribution in [0.2, 0.25) is 0 Å². The third-order valence-electron chi connectivity index (χ3n) is 2.40. The molecule has 0 aliphatic rings. The van der Waals surface area contributed by atoms with Gasteiger partial charge in [-0.15, -0.1) is 0 Å². The minimum atomic E-state index is 0.661. The summed E-state index contributed by atoms with van der Waals surface area (Å²) in [5.41, 5.74) is 1.14. The molecule has 2 N–H and O–H groups in total. The molecule has 0 amide bonds. The number of anilines is 1. The Kier molecular flexibility index (Phi) is 5.91. The second-order valence-corrected chi connectivity index (χ2v) is 4.74. The van der Waals surface area contributed by atoms with Crippen molar-refractivity contribution in [3.05, 3.63) is 17.6 Å². The first kappa shape index (κ1) is 13.9. The molecule has 0 saturated heterocycles. The molecular formula is C13H24N4. The van der Waals surface area contributed by atoms with Crippen molar-refractivity contribution in [2.75, 3.05) is 18.4 Å². The first-order valence-corrected chi connectivity index (χ1v) is 6.40. The molecule has 0 fully saturated rings. The summed E-state index contributed by atoms with van der Waals surface area (Å²) in [5, 5.41) is 6.77. The minimum Gasteiger partial charge on any atom is -0.370 e. The highest BCUT2D eigenvalue weighted by Crippen LogP contribution is 2.11. The van der Waals surface area contributed by atoms with Crippen LogP contribution in [0.5, 0.6) is 0 Å². The third kappa shape index (κ3) is 5.13. The molecule has 0 atom stereocenters. The van der Waals surface area contributed by atoms with Gasteiger partial charge in [0.1, 0.15) is 11.6 Å². The van der Waals surface area contributed by atoms with E-state index in [4.69, 9.17) is 0 Å². The van der Waals surface area contributed by atoms with E-state index in [1.807, 2.05) is 13.1 Å². The van der Waals surface area contributed by atoms with Crippen LogP contribution in [-0.4, -0.2) is 23.1 Å². The number of nitrogens with zero attached hydrogens (tertiary/aromatic N) is 2.